The van der Waals surface area contributed by atoms with Crippen molar-refractivity contribution in [2.24, 2.45) is 0 Å². The number of carbonyl (C=O) groups is 2. The van der Waals surface area contributed by atoms with Gasteiger partial charge in [0.25, 0.3) is 17.3 Å². The quantitative estimate of drug-likeness (QED) is 0.562. The van der Waals surface area contributed by atoms with Crippen LogP contribution >= 0.6 is 0 Å². The lowest BCUT2D eigenvalue weighted by atomic mass is 10.1. The molecule has 10 nitrogen and oxygen atoms in total. The van der Waals surface area contributed by atoms with Gasteiger partial charge in [0.2, 0.25) is 5.91 Å². The first-order valence-electron chi connectivity index (χ1n) is 7.96. The number of nitrogens with zero attached hydrogens (tertiary/aromatic N) is 2. The summed E-state index contributed by atoms with van der Waals surface area (Å²) >= 11 is 0. The van der Waals surface area contributed by atoms with Crippen molar-refractivity contribution in [3.63, 3.8) is 0 Å². The van der Waals surface area contributed by atoms with Gasteiger partial charge in [-0.25, -0.2) is 0 Å². The zero-order valence-corrected chi connectivity index (χ0v) is 14.3. The highest BCUT2D eigenvalue weighted by Gasteiger charge is 2.24. The lowest BCUT2D eigenvalue weighted by molar-refractivity contribution is -0.394. The maximum atomic E-state index is 12.4. The first-order valence-corrected chi connectivity index (χ1v) is 7.96. The smallest absolute Gasteiger partial charge is 0.289 e. The molecule has 2 rings (SSSR count). The lowest BCUT2D eigenvalue weighted by Gasteiger charge is -2.09. The SMILES string of the molecule is CCCC(=O)Nc1cccc(NC(=O)c2ccc([N+](=O)[O-])cc2[N+](=O)[O-])c1. The van der Waals surface area contributed by atoms with Gasteiger partial charge in [0.05, 0.1) is 15.9 Å². The molecule has 0 unspecified atom stereocenters. The van der Waals surface area contributed by atoms with Crippen LogP contribution in [0.1, 0.15) is 30.1 Å². The third-order valence-corrected chi connectivity index (χ3v) is 3.51. The van der Waals surface area contributed by atoms with Gasteiger partial charge >= 0.3 is 0 Å². The first kappa shape index (κ1) is 19.5. The number of amides is 2. The number of hydrogen-bond acceptors (Lipinski definition) is 6. The molecule has 140 valence electrons. The molecule has 10 heteroatoms. The van der Waals surface area contributed by atoms with Crippen molar-refractivity contribution in [2.45, 2.75) is 19.8 Å². The number of hydrogen-bond donors (Lipinski definition) is 2. The maximum Gasteiger partial charge on any atom is 0.289 e. The Morgan fingerprint density at radius 3 is 2.22 bits per heavy atom. The number of nitro benzene ring substituents is 2. The molecule has 0 aliphatic carbocycles. The van der Waals surface area contributed by atoms with E-state index < -0.39 is 27.1 Å². The van der Waals surface area contributed by atoms with Crippen molar-refractivity contribution >= 4 is 34.6 Å². The second-order valence-corrected chi connectivity index (χ2v) is 5.55. The summed E-state index contributed by atoms with van der Waals surface area (Å²) in [5.41, 5.74) is -0.703. The fourth-order valence-electron chi connectivity index (χ4n) is 2.30. The average molecular weight is 372 g/mol. The van der Waals surface area contributed by atoms with Crippen LogP contribution in [0, 0.1) is 20.2 Å². The molecule has 0 aromatic heterocycles. The Balaban J connectivity index is 2.23. The van der Waals surface area contributed by atoms with E-state index in [0.717, 1.165) is 18.2 Å². The van der Waals surface area contributed by atoms with Crippen LogP contribution in [-0.2, 0) is 4.79 Å². The van der Waals surface area contributed by atoms with Gasteiger partial charge in [0.15, 0.2) is 0 Å². The van der Waals surface area contributed by atoms with Crippen LogP contribution in [0.5, 0.6) is 0 Å². The third-order valence-electron chi connectivity index (χ3n) is 3.51. The highest BCUT2D eigenvalue weighted by Crippen LogP contribution is 2.26. The van der Waals surface area contributed by atoms with E-state index in [0.29, 0.717) is 24.2 Å². The van der Waals surface area contributed by atoms with Crippen LogP contribution < -0.4 is 10.6 Å². The number of rotatable bonds is 7. The molecule has 0 saturated carbocycles. The van der Waals surface area contributed by atoms with E-state index in [9.17, 15) is 29.8 Å². The first-order chi connectivity index (χ1) is 12.8. The average Bonchev–Trinajstić information content (AvgIpc) is 2.61. The van der Waals surface area contributed by atoms with Crippen LogP contribution in [0.2, 0.25) is 0 Å². The molecule has 2 aromatic rings. The van der Waals surface area contributed by atoms with Gasteiger partial charge in [0.1, 0.15) is 5.56 Å². The van der Waals surface area contributed by atoms with E-state index in [1.165, 1.54) is 6.07 Å². The van der Waals surface area contributed by atoms with E-state index in [1.807, 2.05) is 6.92 Å². The number of anilines is 2. The molecule has 0 aliphatic heterocycles. The van der Waals surface area contributed by atoms with E-state index >= 15 is 0 Å². The minimum absolute atomic E-state index is 0.174. The number of carbonyl (C=O) groups excluding carboxylic acids is 2. The topological polar surface area (TPSA) is 144 Å². The minimum Gasteiger partial charge on any atom is -0.326 e. The Morgan fingerprint density at radius 1 is 0.963 bits per heavy atom. The van der Waals surface area contributed by atoms with Crippen molar-refractivity contribution in [3.05, 3.63) is 68.3 Å². The monoisotopic (exact) mass is 372 g/mol. The van der Waals surface area contributed by atoms with Gasteiger partial charge in [-0.3, -0.25) is 29.8 Å². The van der Waals surface area contributed by atoms with Crippen molar-refractivity contribution in [3.8, 4) is 0 Å². The van der Waals surface area contributed by atoms with Crippen LogP contribution in [-0.4, -0.2) is 21.7 Å². The van der Waals surface area contributed by atoms with Gasteiger partial charge in [-0.2, -0.15) is 0 Å². The summed E-state index contributed by atoms with van der Waals surface area (Å²) in [4.78, 5) is 44.3. The molecule has 0 radical (unpaired) electrons. The van der Waals surface area contributed by atoms with Crippen molar-refractivity contribution in [1.82, 2.24) is 0 Å². The molecule has 2 N–H and O–H groups in total. The van der Waals surface area contributed by atoms with Crippen LogP contribution in [0.25, 0.3) is 0 Å². The number of benzene rings is 2. The molecule has 0 atom stereocenters. The fourth-order valence-corrected chi connectivity index (χ4v) is 2.30. The summed E-state index contributed by atoms with van der Waals surface area (Å²) in [6.45, 7) is 1.87. The van der Waals surface area contributed by atoms with Gasteiger partial charge in [0, 0.05) is 23.9 Å². The highest BCUT2D eigenvalue weighted by atomic mass is 16.6. The zero-order chi connectivity index (χ0) is 20.0. The molecule has 0 spiro atoms. The molecule has 0 aliphatic rings. The molecule has 0 heterocycles. The molecule has 2 amide bonds. The summed E-state index contributed by atoms with van der Waals surface area (Å²) < 4.78 is 0. The Kier molecular flexibility index (Phi) is 6.15. The summed E-state index contributed by atoms with van der Waals surface area (Å²) in [5.74, 6) is -0.972. The van der Waals surface area contributed by atoms with Crippen LogP contribution in [0.3, 0.4) is 0 Å². The third kappa shape index (κ3) is 5.08. The zero-order valence-electron chi connectivity index (χ0n) is 14.3. The Hall–Kier alpha value is -3.82. The van der Waals surface area contributed by atoms with Crippen LogP contribution in [0.15, 0.2) is 42.5 Å². The molecule has 2 aromatic carbocycles. The molecule has 0 saturated heterocycles. The predicted molar refractivity (Wildman–Crippen MR) is 97.7 cm³/mol. The van der Waals surface area contributed by atoms with Crippen molar-refractivity contribution < 1.29 is 19.4 Å². The van der Waals surface area contributed by atoms with Gasteiger partial charge in [-0.05, 0) is 30.7 Å². The van der Waals surface area contributed by atoms with E-state index in [4.69, 9.17) is 0 Å². The molecule has 27 heavy (non-hydrogen) atoms. The fraction of sp³-hybridized carbons (Fsp3) is 0.176. The normalized spacial score (nSPS) is 10.1. The molecule has 0 fully saturated rings. The predicted octanol–water partition coefficient (Wildman–Crippen LogP) is 3.49. The largest absolute Gasteiger partial charge is 0.326 e. The molecular weight excluding hydrogens is 356 g/mol. The maximum absolute atomic E-state index is 12.4. The second-order valence-electron chi connectivity index (χ2n) is 5.55. The van der Waals surface area contributed by atoms with E-state index in [-0.39, 0.29) is 11.5 Å². The summed E-state index contributed by atoms with van der Waals surface area (Å²) in [6, 6.07) is 9.06. The van der Waals surface area contributed by atoms with Gasteiger partial charge < -0.3 is 10.6 Å². The van der Waals surface area contributed by atoms with Crippen molar-refractivity contribution in [1.29, 1.82) is 0 Å². The number of non-ortho nitro benzene ring substituents is 1. The van der Waals surface area contributed by atoms with Gasteiger partial charge in [-0.1, -0.05) is 13.0 Å². The Labute approximate surface area is 153 Å². The Bertz CT molecular complexity index is 912. The second kappa shape index (κ2) is 8.52. The summed E-state index contributed by atoms with van der Waals surface area (Å²) in [6.07, 6.45) is 1.04. The summed E-state index contributed by atoms with van der Waals surface area (Å²) in [5, 5.41) is 27.1. The van der Waals surface area contributed by atoms with Gasteiger partial charge in [-0.15, -0.1) is 0 Å². The number of nitrogens with one attached hydrogen (secondary N) is 2. The van der Waals surface area contributed by atoms with E-state index in [1.54, 1.807) is 18.2 Å². The molecule has 0 bridgehead atoms. The van der Waals surface area contributed by atoms with Crippen LogP contribution in [0.4, 0.5) is 22.7 Å². The Morgan fingerprint density at radius 2 is 1.63 bits per heavy atom. The molecular formula is C17H16N4O6. The minimum atomic E-state index is -0.858. The van der Waals surface area contributed by atoms with Crippen molar-refractivity contribution in [2.75, 3.05) is 10.6 Å². The highest BCUT2D eigenvalue weighted by molar-refractivity contribution is 6.07. The number of nitro groups is 2. The standard InChI is InChI=1S/C17H16N4O6/c1-2-4-16(22)18-11-5-3-6-12(9-11)19-17(23)14-8-7-13(20(24)25)10-15(14)21(26)27/h3,5-10H,2,4H2,1H3,(H,18,22)(H,19,23). The van der Waals surface area contributed by atoms with E-state index in [2.05, 4.69) is 10.6 Å². The lowest BCUT2D eigenvalue weighted by Crippen LogP contribution is -2.15. The summed E-state index contributed by atoms with van der Waals surface area (Å²) in [7, 11) is 0.